The quantitative estimate of drug-likeness (QED) is 0.719. The fourth-order valence-corrected chi connectivity index (χ4v) is 4.24. The minimum atomic E-state index is -5.79. The first-order valence-electron chi connectivity index (χ1n) is 9.55. The number of anilines is 1. The highest BCUT2D eigenvalue weighted by Crippen LogP contribution is 2.32. The number of halogens is 3. The fourth-order valence-electron chi connectivity index (χ4n) is 3.38. The Morgan fingerprint density at radius 1 is 1.12 bits per heavy atom. The largest absolute Gasteiger partial charge is 0.503 e. The van der Waals surface area contributed by atoms with Gasteiger partial charge in [0, 0.05) is 25.2 Å². The van der Waals surface area contributed by atoms with Gasteiger partial charge in [0.2, 0.25) is 5.91 Å². The maximum Gasteiger partial charge on any atom is 0.503 e. The van der Waals surface area contributed by atoms with Gasteiger partial charge in [0.05, 0.1) is 18.4 Å². The molecule has 12 heteroatoms. The molecule has 1 aromatic heterocycles. The molecule has 2 aromatic rings. The van der Waals surface area contributed by atoms with Crippen molar-refractivity contribution in [2.45, 2.75) is 23.4 Å². The predicted octanol–water partition coefficient (Wildman–Crippen LogP) is 2.87. The number of nitrogens with one attached hydrogen (secondary N) is 1. The topological polar surface area (TPSA) is 106 Å². The summed E-state index contributed by atoms with van der Waals surface area (Å²) in [6.45, 7) is 0.145. The summed E-state index contributed by atoms with van der Waals surface area (Å²) in [6, 6.07) is 9.05. The first kappa shape index (κ1) is 23.5. The van der Waals surface area contributed by atoms with Gasteiger partial charge in [-0.15, -0.1) is 0 Å². The van der Waals surface area contributed by atoms with Gasteiger partial charge in [-0.3, -0.25) is 9.59 Å². The first-order valence-corrected chi connectivity index (χ1v) is 11.0. The number of likely N-dealkylation sites (tertiary alicyclic amines) is 1. The van der Waals surface area contributed by atoms with Crippen molar-refractivity contribution in [3.63, 3.8) is 0 Å². The van der Waals surface area contributed by atoms with Crippen LogP contribution in [-0.4, -0.2) is 55.8 Å². The van der Waals surface area contributed by atoms with Crippen LogP contribution in [0.2, 0.25) is 0 Å². The van der Waals surface area contributed by atoms with Gasteiger partial charge in [-0.2, -0.15) is 13.2 Å². The van der Waals surface area contributed by atoms with Crippen molar-refractivity contribution in [2.24, 2.45) is 5.92 Å². The monoisotopic (exact) mass is 471 g/mol. The van der Waals surface area contributed by atoms with Gasteiger partial charge in [0.1, 0.15) is 5.75 Å². The molecule has 0 spiro atoms. The number of sulfone groups is 1. The van der Waals surface area contributed by atoms with Crippen LogP contribution >= 0.6 is 0 Å². The molecule has 8 nitrogen and oxygen atoms in total. The number of aromatic nitrogens is 1. The van der Waals surface area contributed by atoms with Crippen LogP contribution in [-0.2, 0) is 14.6 Å². The smallest absolute Gasteiger partial charge is 0.495 e. The number of benzene rings is 1. The van der Waals surface area contributed by atoms with Crippen LogP contribution in [0.4, 0.5) is 18.9 Å². The second-order valence-corrected chi connectivity index (χ2v) is 8.92. The number of alkyl halides is 3. The lowest BCUT2D eigenvalue weighted by Gasteiger charge is -2.31. The summed E-state index contributed by atoms with van der Waals surface area (Å²) in [4.78, 5) is 29.9. The number of nitrogens with zero attached hydrogens (tertiary/aromatic N) is 2. The number of amides is 2. The molecule has 0 atom stereocenters. The molecule has 0 radical (unpaired) electrons. The van der Waals surface area contributed by atoms with Crippen LogP contribution in [0.1, 0.15) is 23.2 Å². The van der Waals surface area contributed by atoms with E-state index in [1.165, 1.54) is 18.1 Å². The summed E-state index contributed by atoms with van der Waals surface area (Å²) < 4.78 is 67.7. The van der Waals surface area contributed by atoms with E-state index in [0.717, 1.165) is 12.3 Å². The Labute approximate surface area is 182 Å². The van der Waals surface area contributed by atoms with E-state index in [9.17, 15) is 31.2 Å². The van der Waals surface area contributed by atoms with Crippen LogP contribution in [0.25, 0.3) is 0 Å². The van der Waals surface area contributed by atoms with Gasteiger partial charge in [-0.25, -0.2) is 13.4 Å². The van der Waals surface area contributed by atoms with Crippen molar-refractivity contribution in [1.29, 1.82) is 0 Å². The van der Waals surface area contributed by atoms with Crippen molar-refractivity contribution < 1.29 is 35.9 Å². The molecule has 32 heavy (non-hydrogen) atoms. The molecule has 2 heterocycles. The Morgan fingerprint density at radius 3 is 2.41 bits per heavy atom. The molecule has 0 bridgehead atoms. The molecular formula is C20H20F3N3O5S. The molecule has 172 valence electrons. The van der Waals surface area contributed by atoms with Crippen LogP contribution < -0.4 is 10.1 Å². The third-order valence-electron chi connectivity index (χ3n) is 5.08. The predicted molar refractivity (Wildman–Crippen MR) is 108 cm³/mol. The molecule has 2 amide bonds. The Morgan fingerprint density at radius 2 is 1.78 bits per heavy atom. The van der Waals surface area contributed by atoms with Crippen molar-refractivity contribution >= 4 is 27.3 Å². The normalized spacial score (nSPS) is 15.3. The number of hydrogen-bond donors (Lipinski definition) is 1. The highest BCUT2D eigenvalue weighted by molar-refractivity contribution is 7.92. The second kappa shape index (κ2) is 9.15. The average molecular weight is 471 g/mol. The summed E-state index contributed by atoms with van der Waals surface area (Å²) in [7, 11) is -4.32. The standard InChI is InChI=1S/C20H20F3N3O5S/c1-31-16-7-3-2-6-15(16)25-17(27)13-8-11-26(12-9-13)19(28)14-5-4-10-24-18(14)32(29,30)20(21,22)23/h2-7,10,13H,8-9,11-12H2,1H3,(H,25,27). The average Bonchev–Trinajstić information content (AvgIpc) is 2.78. The van der Waals surface area contributed by atoms with Crippen molar-refractivity contribution in [1.82, 2.24) is 9.88 Å². The maximum atomic E-state index is 13.0. The van der Waals surface area contributed by atoms with E-state index >= 15 is 0 Å². The van der Waals surface area contributed by atoms with E-state index in [2.05, 4.69) is 10.3 Å². The summed E-state index contributed by atoms with van der Waals surface area (Å²) in [5.41, 5.74) is -5.74. The second-order valence-electron chi connectivity index (χ2n) is 7.06. The van der Waals surface area contributed by atoms with E-state index < -0.39 is 37.8 Å². The molecule has 3 rings (SSSR count). The van der Waals surface area contributed by atoms with Crippen molar-refractivity contribution in [3.8, 4) is 5.75 Å². The van der Waals surface area contributed by atoms with E-state index in [4.69, 9.17) is 4.74 Å². The fraction of sp³-hybridized carbons (Fsp3) is 0.350. The van der Waals surface area contributed by atoms with Crippen LogP contribution in [0.3, 0.4) is 0 Å². The van der Waals surface area contributed by atoms with Gasteiger partial charge in [0.15, 0.2) is 5.03 Å². The van der Waals surface area contributed by atoms with Gasteiger partial charge < -0.3 is 15.0 Å². The maximum absolute atomic E-state index is 13.0. The van der Waals surface area contributed by atoms with E-state index in [0.29, 0.717) is 11.4 Å². The molecule has 1 saturated heterocycles. The Hall–Kier alpha value is -3.15. The number of methoxy groups -OCH3 is 1. The summed E-state index contributed by atoms with van der Waals surface area (Å²) in [6.07, 6.45) is 1.40. The minimum absolute atomic E-state index is 0.0727. The Kier molecular flexibility index (Phi) is 6.72. The molecule has 1 aliphatic heterocycles. The number of rotatable bonds is 5. The molecule has 1 aromatic carbocycles. The lowest BCUT2D eigenvalue weighted by Crippen LogP contribution is -2.42. The molecule has 0 aliphatic carbocycles. The van der Waals surface area contributed by atoms with E-state index in [1.54, 1.807) is 24.3 Å². The number of carbonyl (C=O) groups excluding carboxylic acids is 2. The molecule has 0 saturated carbocycles. The van der Waals surface area contributed by atoms with Crippen molar-refractivity contribution in [3.05, 3.63) is 48.2 Å². The highest BCUT2D eigenvalue weighted by Gasteiger charge is 2.49. The molecule has 1 aliphatic rings. The zero-order valence-electron chi connectivity index (χ0n) is 16.9. The van der Waals surface area contributed by atoms with Gasteiger partial charge in [0.25, 0.3) is 15.7 Å². The van der Waals surface area contributed by atoms with Crippen LogP contribution in [0.5, 0.6) is 5.75 Å². The third kappa shape index (κ3) is 4.69. The Bertz CT molecular complexity index is 1110. The lowest BCUT2D eigenvalue weighted by molar-refractivity contribution is -0.121. The lowest BCUT2D eigenvalue weighted by atomic mass is 9.95. The summed E-state index contributed by atoms with van der Waals surface area (Å²) in [5.74, 6) is -1.10. The number of pyridine rings is 1. The number of ether oxygens (including phenoxy) is 1. The molecular weight excluding hydrogens is 451 g/mol. The van der Waals surface area contributed by atoms with Crippen LogP contribution in [0.15, 0.2) is 47.6 Å². The van der Waals surface area contributed by atoms with Gasteiger partial charge in [-0.05, 0) is 37.1 Å². The highest BCUT2D eigenvalue weighted by atomic mass is 32.2. The number of hydrogen-bond acceptors (Lipinski definition) is 6. The minimum Gasteiger partial charge on any atom is -0.495 e. The molecule has 0 unspecified atom stereocenters. The van der Waals surface area contributed by atoms with E-state index in [-0.39, 0.29) is 31.8 Å². The summed E-state index contributed by atoms with van der Waals surface area (Å²) in [5, 5.41) is 1.45. The number of carbonyl (C=O) groups is 2. The Balaban J connectivity index is 1.70. The SMILES string of the molecule is COc1ccccc1NC(=O)C1CCN(C(=O)c2cccnc2S(=O)(=O)C(F)(F)F)CC1. The number of para-hydroxylation sites is 2. The molecule has 1 fully saturated rings. The number of piperidine rings is 1. The van der Waals surface area contributed by atoms with E-state index in [1.807, 2.05) is 0 Å². The van der Waals surface area contributed by atoms with Crippen molar-refractivity contribution in [2.75, 3.05) is 25.5 Å². The van der Waals surface area contributed by atoms with Gasteiger partial charge >= 0.3 is 5.51 Å². The van der Waals surface area contributed by atoms with Gasteiger partial charge in [-0.1, -0.05) is 12.1 Å². The van der Waals surface area contributed by atoms with Crippen LogP contribution in [0, 0.1) is 5.92 Å². The summed E-state index contributed by atoms with van der Waals surface area (Å²) >= 11 is 0. The zero-order valence-corrected chi connectivity index (χ0v) is 17.7. The zero-order chi connectivity index (χ0) is 23.5. The third-order valence-corrected chi connectivity index (χ3v) is 6.52. The first-order chi connectivity index (χ1) is 15.1. The molecule has 1 N–H and O–H groups in total.